The van der Waals surface area contributed by atoms with E-state index in [-0.39, 0.29) is 0 Å². The van der Waals surface area contributed by atoms with Crippen LogP contribution in [0.3, 0.4) is 0 Å². The molecule has 0 unspecified atom stereocenters. The number of allylic oxidation sites excluding steroid dienone is 1. The van der Waals surface area contributed by atoms with Crippen molar-refractivity contribution in [3.63, 3.8) is 0 Å². The Morgan fingerprint density at radius 2 is 2.00 bits per heavy atom. The maximum absolute atomic E-state index is 10.8. The summed E-state index contributed by atoms with van der Waals surface area (Å²) in [5.41, 5.74) is 1.38. The summed E-state index contributed by atoms with van der Waals surface area (Å²) in [6.07, 6.45) is 5.45. The number of ketones is 1. The molecule has 2 nitrogen and oxygen atoms in total. The van der Waals surface area contributed by atoms with Gasteiger partial charge in [0.2, 0.25) is 0 Å². The quantitative estimate of drug-likeness (QED) is 0.566. The average molecular weight is 154 g/mol. The van der Waals surface area contributed by atoms with Gasteiger partial charge in [-0.05, 0) is 12.8 Å². The maximum Gasteiger partial charge on any atom is 0.133 e. The van der Waals surface area contributed by atoms with Crippen molar-refractivity contribution < 1.29 is 9.53 Å². The molecule has 0 amide bonds. The van der Waals surface area contributed by atoms with Gasteiger partial charge in [0.05, 0.1) is 6.61 Å². The van der Waals surface area contributed by atoms with Crippen LogP contribution in [0, 0.1) is 0 Å². The van der Waals surface area contributed by atoms with Gasteiger partial charge in [-0.25, -0.2) is 0 Å². The molecule has 1 fully saturated rings. The van der Waals surface area contributed by atoms with Crippen LogP contribution < -0.4 is 0 Å². The van der Waals surface area contributed by atoms with Gasteiger partial charge in [-0.2, -0.15) is 0 Å². The third-order valence-corrected chi connectivity index (χ3v) is 1.99. The highest BCUT2D eigenvalue weighted by atomic mass is 16.5. The number of ether oxygens (including phenoxy) is 1. The van der Waals surface area contributed by atoms with Gasteiger partial charge < -0.3 is 4.74 Å². The van der Waals surface area contributed by atoms with Crippen LogP contribution in [0.25, 0.3) is 0 Å². The van der Waals surface area contributed by atoms with Gasteiger partial charge in [0.25, 0.3) is 0 Å². The molecule has 1 aliphatic rings. The minimum absolute atomic E-state index is 0.402. The first-order valence-electron chi connectivity index (χ1n) is 4.01. The maximum atomic E-state index is 10.8. The Bertz CT molecular complexity index is 158. The SMILES string of the molecule is COCC=C1CCC(=O)CC1. The number of methoxy groups -OCH3 is 1. The van der Waals surface area contributed by atoms with Gasteiger partial charge >= 0.3 is 0 Å². The van der Waals surface area contributed by atoms with E-state index in [9.17, 15) is 4.79 Å². The monoisotopic (exact) mass is 154 g/mol. The zero-order valence-electron chi connectivity index (χ0n) is 6.93. The summed E-state index contributed by atoms with van der Waals surface area (Å²) in [5, 5.41) is 0. The predicted octanol–water partition coefficient (Wildman–Crippen LogP) is 1.70. The summed E-state index contributed by atoms with van der Waals surface area (Å²) >= 11 is 0. The van der Waals surface area contributed by atoms with Gasteiger partial charge in [0, 0.05) is 20.0 Å². The van der Waals surface area contributed by atoms with E-state index in [4.69, 9.17) is 4.74 Å². The van der Waals surface area contributed by atoms with Crippen LogP contribution in [-0.4, -0.2) is 19.5 Å². The molecule has 0 radical (unpaired) electrons. The molecule has 0 saturated heterocycles. The summed E-state index contributed by atoms with van der Waals surface area (Å²) in [6, 6.07) is 0. The van der Waals surface area contributed by atoms with E-state index < -0.39 is 0 Å². The standard InChI is InChI=1S/C9H14O2/c1-11-7-6-8-2-4-9(10)5-3-8/h6H,2-5,7H2,1H3. The fourth-order valence-electron chi connectivity index (χ4n) is 1.26. The van der Waals surface area contributed by atoms with E-state index in [1.165, 1.54) is 5.57 Å². The second kappa shape index (κ2) is 4.29. The molecule has 2 heteroatoms. The molecular weight excluding hydrogens is 140 g/mol. The normalized spacial score (nSPS) is 18.6. The average Bonchev–Trinajstić information content (AvgIpc) is 2.04. The summed E-state index contributed by atoms with van der Waals surface area (Å²) in [6.45, 7) is 0.684. The van der Waals surface area contributed by atoms with E-state index in [0.29, 0.717) is 12.4 Å². The van der Waals surface area contributed by atoms with Crippen LogP contribution in [0.1, 0.15) is 25.7 Å². The highest BCUT2D eigenvalue weighted by molar-refractivity contribution is 5.80. The summed E-state index contributed by atoms with van der Waals surface area (Å²) < 4.78 is 4.91. The molecule has 0 heterocycles. The predicted molar refractivity (Wildman–Crippen MR) is 43.4 cm³/mol. The Balaban J connectivity index is 2.32. The number of hydrogen-bond donors (Lipinski definition) is 0. The van der Waals surface area contributed by atoms with E-state index in [1.54, 1.807) is 7.11 Å². The minimum Gasteiger partial charge on any atom is -0.381 e. The first-order chi connectivity index (χ1) is 5.33. The summed E-state index contributed by atoms with van der Waals surface area (Å²) in [7, 11) is 1.69. The molecule has 1 rings (SSSR count). The molecule has 1 aliphatic carbocycles. The van der Waals surface area contributed by atoms with Crippen molar-refractivity contribution >= 4 is 5.78 Å². The Morgan fingerprint density at radius 1 is 1.36 bits per heavy atom. The van der Waals surface area contributed by atoms with Crippen LogP contribution in [0.4, 0.5) is 0 Å². The third-order valence-electron chi connectivity index (χ3n) is 1.99. The molecule has 0 N–H and O–H groups in total. The molecule has 0 spiro atoms. The summed E-state index contributed by atoms with van der Waals surface area (Å²) in [4.78, 5) is 10.8. The lowest BCUT2D eigenvalue weighted by Gasteiger charge is -2.12. The molecule has 0 aromatic rings. The Morgan fingerprint density at radius 3 is 2.55 bits per heavy atom. The smallest absolute Gasteiger partial charge is 0.133 e. The number of hydrogen-bond acceptors (Lipinski definition) is 2. The highest BCUT2D eigenvalue weighted by Crippen LogP contribution is 2.19. The van der Waals surface area contributed by atoms with Gasteiger partial charge in [-0.1, -0.05) is 11.6 Å². The van der Waals surface area contributed by atoms with Crippen molar-refractivity contribution in [1.82, 2.24) is 0 Å². The van der Waals surface area contributed by atoms with E-state index >= 15 is 0 Å². The number of rotatable bonds is 2. The molecular formula is C9H14O2. The zero-order chi connectivity index (χ0) is 8.10. The summed E-state index contributed by atoms with van der Waals surface area (Å²) in [5.74, 6) is 0.402. The molecule has 62 valence electrons. The second-order valence-electron chi connectivity index (χ2n) is 2.86. The molecule has 0 bridgehead atoms. The fraction of sp³-hybridized carbons (Fsp3) is 0.667. The Labute approximate surface area is 67.2 Å². The molecule has 0 aliphatic heterocycles. The zero-order valence-corrected chi connectivity index (χ0v) is 6.93. The molecule has 0 atom stereocenters. The van der Waals surface area contributed by atoms with Crippen LogP contribution in [0.5, 0.6) is 0 Å². The van der Waals surface area contributed by atoms with Gasteiger partial charge in [-0.3, -0.25) is 4.79 Å². The first kappa shape index (κ1) is 8.47. The van der Waals surface area contributed by atoms with E-state index in [2.05, 4.69) is 6.08 Å². The van der Waals surface area contributed by atoms with Crippen molar-refractivity contribution in [2.24, 2.45) is 0 Å². The van der Waals surface area contributed by atoms with E-state index in [0.717, 1.165) is 25.7 Å². The van der Waals surface area contributed by atoms with Crippen LogP contribution in [0.15, 0.2) is 11.6 Å². The van der Waals surface area contributed by atoms with Crippen molar-refractivity contribution in [3.8, 4) is 0 Å². The topological polar surface area (TPSA) is 26.3 Å². The largest absolute Gasteiger partial charge is 0.381 e. The van der Waals surface area contributed by atoms with Crippen molar-refractivity contribution in [1.29, 1.82) is 0 Å². The van der Waals surface area contributed by atoms with Crippen molar-refractivity contribution in [2.45, 2.75) is 25.7 Å². The first-order valence-corrected chi connectivity index (χ1v) is 4.01. The van der Waals surface area contributed by atoms with Crippen LogP contribution >= 0.6 is 0 Å². The number of carbonyl (C=O) groups excluding carboxylic acids is 1. The number of carbonyl (C=O) groups is 1. The lowest BCUT2D eigenvalue weighted by atomic mass is 9.94. The van der Waals surface area contributed by atoms with E-state index in [1.807, 2.05) is 0 Å². The minimum atomic E-state index is 0.402. The van der Waals surface area contributed by atoms with Crippen LogP contribution in [0.2, 0.25) is 0 Å². The highest BCUT2D eigenvalue weighted by Gasteiger charge is 2.11. The molecule has 11 heavy (non-hydrogen) atoms. The van der Waals surface area contributed by atoms with Crippen LogP contribution in [-0.2, 0) is 9.53 Å². The molecule has 0 aromatic carbocycles. The van der Waals surface area contributed by atoms with Gasteiger partial charge in [0.1, 0.15) is 5.78 Å². The molecule has 0 aromatic heterocycles. The lowest BCUT2D eigenvalue weighted by Crippen LogP contribution is -2.06. The Kier molecular flexibility index (Phi) is 3.30. The van der Waals surface area contributed by atoms with Gasteiger partial charge in [0.15, 0.2) is 0 Å². The van der Waals surface area contributed by atoms with Crippen molar-refractivity contribution in [2.75, 3.05) is 13.7 Å². The molecule has 1 saturated carbocycles. The fourth-order valence-corrected chi connectivity index (χ4v) is 1.26. The lowest BCUT2D eigenvalue weighted by molar-refractivity contribution is -0.119. The number of Topliss-reactive ketones (excluding diaryl/α,β-unsaturated/α-hetero) is 1. The van der Waals surface area contributed by atoms with Crippen molar-refractivity contribution in [3.05, 3.63) is 11.6 Å². The third kappa shape index (κ3) is 2.85. The Hall–Kier alpha value is -0.630. The van der Waals surface area contributed by atoms with Gasteiger partial charge in [-0.15, -0.1) is 0 Å². The second-order valence-corrected chi connectivity index (χ2v) is 2.86.